The lowest BCUT2D eigenvalue weighted by molar-refractivity contribution is 0.0746. The molecule has 0 unspecified atom stereocenters. The predicted molar refractivity (Wildman–Crippen MR) is 128 cm³/mol. The van der Waals surface area contributed by atoms with Crippen molar-refractivity contribution in [3.63, 3.8) is 0 Å². The molecule has 0 atom stereocenters. The number of hydrogen-bond donors (Lipinski definition) is 0. The average molecular weight is 479 g/mol. The van der Waals surface area contributed by atoms with Gasteiger partial charge in [-0.05, 0) is 48.5 Å². The quantitative estimate of drug-likeness (QED) is 0.561. The number of nitriles is 1. The van der Waals surface area contributed by atoms with Crippen LogP contribution < -0.4 is 9.21 Å². The Morgan fingerprint density at radius 2 is 1.59 bits per heavy atom. The standard InChI is InChI=1S/C25H23FN4O3S/c1-28(20-6-3-2-4-7-20)34(32,33)21-12-10-19(11-13-21)25(31)30-16-14-29(15-17-30)24-9-5-8-23(26)22(24)18-27/h2-13H,14-17H2,1H3. The van der Waals surface area contributed by atoms with Crippen LogP contribution in [0.4, 0.5) is 15.8 Å². The number of para-hydroxylation sites is 1. The minimum absolute atomic E-state index is 0.000421. The van der Waals surface area contributed by atoms with E-state index in [4.69, 9.17) is 0 Å². The maximum atomic E-state index is 13.9. The zero-order chi connectivity index (χ0) is 24.3. The molecular weight excluding hydrogens is 455 g/mol. The minimum atomic E-state index is -3.76. The van der Waals surface area contributed by atoms with Crippen LogP contribution in [0.1, 0.15) is 15.9 Å². The van der Waals surface area contributed by atoms with Gasteiger partial charge in [0.1, 0.15) is 17.4 Å². The Bertz CT molecular complexity index is 1330. The highest BCUT2D eigenvalue weighted by molar-refractivity contribution is 7.92. The second kappa shape index (κ2) is 9.53. The number of anilines is 2. The van der Waals surface area contributed by atoms with Gasteiger partial charge in [-0.25, -0.2) is 12.8 Å². The van der Waals surface area contributed by atoms with Gasteiger partial charge in [0, 0.05) is 38.8 Å². The summed E-state index contributed by atoms with van der Waals surface area (Å²) in [4.78, 5) is 16.6. The van der Waals surface area contributed by atoms with Crippen LogP contribution >= 0.6 is 0 Å². The first-order valence-electron chi connectivity index (χ1n) is 10.7. The number of nitrogens with zero attached hydrogens (tertiary/aromatic N) is 4. The smallest absolute Gasteiger partial charge is 0.264 e. The molecule has 1 fully saturated rings. The first kappa shape index (κ1) is 23.3. The first-order chi connectivity index (χ1) is 16.3. The molecular formula is C25H23FN4O3S. The van der Waals surface area contributed by atoms with Gasteiger partial charge < -0.3 is 9.80 Å². The van der Waals surface area contributed by atoms with Crippen LogP contribution in [0.3, 0.4) is 0 Å². The van der Waals surface area contributed by atoms with E-state index in [1.165, 1.54) is 41.7 Å². The van der Waals surface area contributed by atoms with Gasteiger partial charge in [0.05, 0.1) is 16.3 Å². The van der Waals surface area contributed by atoms with Crippen LogP contribution in [0.2, 0.25) is 0 Å². The summed E-state index contributed by atoms with van der Waals surface area (Å²) in [5.74, 6) is -0.772. The lowest BCUT2D eigenvalue weighted by atomic mass is 10.1. The van der Waals surface area contributed by atoms with Gasteiger partial charge in [-0.2, -0.15) is 5.26 Å². The van der Waals surface area contributed by atoms with E-state index < -0.39 is 15.8 Å². The lowest BCUT2D eigenvalue weighted by Gasteiger charge is -2.36. The molecule has 0 aromatic heterocycles. The molecule has 4 rings (SSSR count). The van der Waals surface area contributed by atoms with Crippen molar-refractivity contribution >= 4 is 27.3 Å². The fourth-order valence-electron chi connectivity index (χ4n) is 3.92. The highest BCUT2D eigenvalue weighted by atomic mass is 32.2. The number of hydrogen-bond acceptors (Lipinski definition) is 5. The molecule has 0 radical (unpaired) electrons. The van der Waals surface area contributed by atoms with Crippen molar-refractivity contribution in [2.45, 2.75) is 4.90 Å². The predicted octanol–water partition coefficient (Wildman–Crippen LogP) is 3.48. The van der Waals surface area contributed by atoms with Crippen molar-refractivity contribution in [1.29, 1.82) is 5.26 Å². The maximum Gasteiger partial charge on any atom is 0.264 e. The number of piperazine rings is 1. The van der Waals surface area contributed by atoms with Crippen LogP contribution in [-0.4, -0.2) is 52.5 Å². The number of rotatable bonds is 5. The van der Waals surface area contributed by atoms with Crippen molar-refractivity contribution < 1.29 is 17.6 Å². The molecule has 1 heterocycles. The van der Waals surface area contributed by atoms with Crippen molar-refractivity contribution in [2.24, 2.45) is 0 Å². The van der Waals surface area contributed by atoms with Gasteiger partial charge in [-0.15, -0.1) is 0 Å². The van der Waals surface area contributed by atoms with E-state index in [9.17, 15) is 22.9 Å². The molecule has 3 aromatic rings. The third-order valence-electron chi connectivity index (χ3n) is 5.89. The van der Waals surface area contributed by atoms with Gasteiger partial charge in [0.2, 0.25) is 0 Å². The van der Waals surface area contributed by atoms with Crippen LogP contribution in [0.15, 0.2) is 77.7 Å². The average Bonchev–Trinajstić information content (AvgIpc) is 2.88. The maximum absolute atomic E-state index is 13.9. The number of sulfonamides is 1. The molecule has 0 saturated carbocycles. The zero-order valence-corrected chi connectivity index (χ0v) is 19.4. The second-order valence-corrected chi connectivity index (χ2v) is 9.83. The Kier molecular flexibility index (Phi) is 6.52. The van der Waals surface area contributed by atoms with Crippen LogP contribution in [0, 0.1) is 17.1 Å². The van der Waals surface area contributed by atoms with E-state index in [1.807, 2.05) is 17.0 Å². The number of amides is 1. The molecule has 34 heavy (non-hydrogen) atoms. The summed E-state index contributed by atoms with van der Waals surface area (Å²) < 4.78 is 41.0. The summed E-state index contributed by atoms with van der Waals surface area (Å²) in [6.07, 6.45) is 0. The normalized spacial score (nSPS) is 13.9. The Balaban J connectivity index is 1.44. The highest BCUT2D eigenvalue weighted by Crippen LogP contribution is 2.25. The third-order valence-corrected chi connectivity index (χ3v) is 7.69. The molecule has 3 aromatic carbocycles. The summed E-state index contributed by atoms with van der Waals surface area (Å²) in [5, 5.41) is 9.27. The monoisotopic (exact) mass is 478 g/mol. The molecule has 1 saturated heterocycles. The van der Waals surface area contributed by atoms with Gasteiger partial charge in [0.15, 0.2) is 0 Å². The van der Waals surface area contributed by atoms with E-state index in [0.29, 0.717) is 43.1 Å². The molecule has 1 aliphatic heterocycles. The van der Waals surface area contributed by atoms with E-state index in [-0.39, 0.29) is 16.4 Å². The largest absolute Gasteiger partial charge is 0.367 e. The molecule has 174 valence electrons. The van der Waals surface area contributed by atoms with Gasteiger partial charge >= 0.3 is 0 Å². The molecule has 0 spiro atoms. The number of carbonyl (C=O) groups is 1. The van der Waals surface area contributed by atoms with E-state index in [1.54, 1.807) is 41.3 Å². The van der Waals surface area contributed by atoms with Crippen molar-refractivity contribution in [3.8, 4) is 6.07 Å². The van der Waals surface area contributed by atoms with E-state index in [0.717, 1.165) is 0 Å². The third kappa shape index (κ3) is 4.45. The summed E-state index contributed by atoms with van der Waals surface area (Å²) in [7, 11) is -2.28. The Morgan fingerprint density at radius 1 is 0.941 bits per heavy atom. The van der Waals surface area contributed by atoms with Crippen molar-refractivity contribution in [3.05, 3.63) is 89.7 Å². The molecule has 7 nitrogen and oxygen atoms in total. The molecule has 1 amide bonds. The topological polar surface area (TPSA) is 84.7 Å². The van der Waals surface area contributed by atoms with Crippen molar-refractivity contribution in [2.75, 3.05) is 42.4 Å². The molecule has 9 heteroatoms. The van der Waals surface area contributed by atoms with E-state index in [2.05, 4.69) is 0 Å². The molecule has 0 bridgehead atoms. The Morgan fingerprint density at radius 3 is 2.21 bits per heavy atom. The van der Waals surface area contributed by atoms with Gasteiger partial charge in [-0.3, -0.25) is 9.10 Å². The van der Waals surface area contributed by atoms with Crippen LogP contribution in [0.5, 0.6) is 0 Å². The summed E-state index contributed by atoms with van der Waals surface area (Å²) in [6, 6.07) is 21.1. The SMILES string of the molecule is CN(c1ccccc1)S(=O)(=O)c1ccc(C(=O)N2CCN(c3cccc(F)c3C#N)CC2)cc1. The number of halogens is 1. The van der Waals surface area contributed by atoms with Crippen LogP contribution in [-0.2, 0) is 10.0 Å². The molecule has 0 N–H and O–H groups in total. The van der Waals surface area contributed by atoms with E-state index >= 15 is 0 Å². The van der Waals surface area contributed by atoms with Crippen molar-refractivity contribution in [1.82, 2.24) is 4.90 Å². The van der Waals surface area contributed by atoms with Crippen LogP contribution in [0.25, 0.3) is 0 Å². The first-order valence-corrected chi connectivity index (χ1v) is 12.1. The zero-order valence-electron chi connectivity index (χ0n) is 18.6. The summed E-state index contributed by atoms with van der Waals surface area (Å²) >= 11 is 0. The summed E-state index contributed by atoms with van der Waals surface area (Å²) in [5.41, 5.74) is 1.45. The van der Waals surface area contributed by atoms with Gasteiger partial charge in [-0.1, -0.05) is 24.3 Å². The second-order valence-electron chi connectivity index (χ2n) is 7.86. The van der Waals surface area contributed by atoms with Gasteiger partial charge in [0.25, 0.3) is 15.9 Å². The lowest BCUT2D eigenvalue weighted by Crippen LogP contribution is -2.49. The highest BCUT2D eigenvalue weighted by Gasteiger charge is 2.26. The fourth-order valence-corrected chi connectivity index (χ4v) is 5.12. The number of carbonyl (C=O) groups excluding carboxylic acids is 1. The minimum Gasteiger partial charge on any atom is -0.367 e. The number of benzene rings is 3. The Labute approximate surface area is 198 Å². The fraction of sp³-hybridized carbons (Fsp3) is 0.200. The molecule has 1 aliphatic rings. The molecule has 0 aliphatic carbocycles. The Hall–Kier alpha value is -3.90. The summed E-state index contributed by atoms with van der Waals surface area (Å²) in [6.45, 7) is 1.71.